The van der Waals surface area contributed by atoms with Crippen molar-refractivity contribution in [3.8, 4) is 0 Å². The molecule has 0 aliphatic carbocycles. The Morgan fingerprint density at radius 3 is 1.77 bits per heavy atom. The van der Waals surface area contributed by atoms with Crippen LogP contribution in [-0.2, 0) is 15.1 Å². The van der Waals surface area contributed by atoms with Crippen molar-refractivity contribution in [2.75, 3.05) is 14.1 Å². The molecule has 1 N–H and O–H groups in total. The van der Waals surface area contributed by atoms with Gasteiger partial charge in [0.2, 0.25) is 5.60 Å². The Morgan fingerprint density at radius 1 is 0.903 bits per heavy atom. The fourth-order valence-electron chi connectivity index (χ4n) is 4.46. The molecule has 2 unspecified atom stereocenters. The van der Waals surface area contributed by atoms with Gasteiger partial charge in [0, 0.05) is 24.0 Å². The zero-order valence-corrected chi connectivity index (χ0v) is 17.0. The molecule has 4 nitrogen and oxygen atoms in total. The number of hydrogen-bond acceptors (Lipinski definition) is 3. The normalized spacial score (nSPS) is 24.3. The third-order valence-corrected chi connectivity index (χ3v) is 6.52. The Bertz CT molecular complexity index is 999. The van der Waals surface area contributed by atoms with E-state index >= 15 is 0 Å². The molecule has 2 aromatic rings. The number of fused-ring (bicyclic) bond motifs is 2. The molecule has 164 valence electrons. The Labute approximate surface area is 177 Å². The zero-order chi connectivity index (χ0) is 22.6. The molecular weight excluding hydrogens is 414 g/mol. The molecule has 0 saturated carbocycles. The van der Waals surface area contributed by atoms with Crippen LogP contribution in [0.2, 0.25) is 0 Å². The van der Waals surface area contributed by atoms with E-state index in [9.17, 15) is 27.5 Å². The number of piperidine rings is 1. The van der Waals surface area contributed by atoms with Crippen LogP contribution in [0.15, 0.2) is 48.6 Å². The lowest BCUT2D eigenvalue weighted by Gasteiger charge is -2.44. The van der Waals surface area contributed by atoms with Gasteiger partial charge in [-0.3, -0.25) is 0 Å². The topological polar surface area (TPSA) is 46.5 Å². The van der Waals surface area contributed by atoms with E-state index < -0.39 is 40.9 Å². The van der Waals surface area contributed by atoms with Crippen LogP contribution in [0.4, 0.5) is 17.6 Å². The summed E-state index contributed by atoms with van der Waals surface area (Å²) < 4.78 is 61.1. The van der Waals surface area contributed by atoms with Gasteiger partial charge < -0.3 is 14.3 Å². The number of carbonyl (C=O) groups is 1. The average molecular weight is 436 g/mol. The molecule has 0 radical (unpaired) electrons. The van der Waals surface area contributed by atoms with E-state index in [4.69, 9.17) is 4.74 Å². The number of aliphatic hydroxyl groups is 1. The van der Waals surface area contributed by atoms with Crippen LogP contribution in [0.5, 0.6) is 0 Å². The van der Waals surface area contributed by atoms with Crippen LogP contribution in [-0.4, -0.2) is 47.8 Å². The maximum absolute atomic E-state index is 13.9. The van der Waals surface area contributed by atoms with Crippen molar-refractivity contribution in [1.82, 2.24) is 0 Å². The number of rotatable bonds is 4. The van der Waals surface area contributed by atoms with Gasteiger partial charge in [-0.2, -0.15) is 0 Å². The van der Waals surface area contributed by atoms with E-state index in [1.165, 1.54) is 0 Å². The molecule has 31 heavy (non-hydrogen) atoms. The quantitative estimate of drug-likeness (QED) is 0.345. The third kappa shape index (κ3) is 3.53. The van der Waals surface area contributed by atoms with Gasteiger partial charge in [-0.15, -0.1) is 0 Å². The minimum atomic E-state index is -2.66. The summed E-state index contributed by atoms with van der Waals surface area (Å²) in [6.07, 6.45) is 4.62. The second kappa shape index (κ2) is 7.46. The molecular formula is C23H22F4NO3+. The number of ether oxygens (including phenoxy) is 1. The molecule has 0 aromatic heterocycles. The van der Waals surface area contributed by atoms with Gasteiger partial charge in [0.05, 0.1) is 14.1 Å². The molecule has 2 aliphatic rings. The predicted octanol–water partition coefficient (Wildman–Crippen LogP) is 3.57. The Hall–Kier alpha value is -2.71. The molecule has 2 aromatic carbocycles. The first kappa shape index (κ1) is 21.5. The van der Waals surface area contributed by atoms with Crippen molar-refractivity contribution in [2.45, 2.75) is 36.6 Å². The minimum absolute atomic E-state index is 0.121. The van der Waals surface area contributed by atoms with Crippen LogP contribution in [0, 0.1) is 23.3 Å². The summed E-state index contributed by atoms with van der Waals surface area (Å²) in [6.45, 7) is 0. The number of hydrogen-bond donors (Lipinski definition) is 1. The van der Waals surface area contributed by atoms with Crippen molar-refractivity contribution < 1.29 is 36.7 Å². The summed E-state index contributed by atoms with van der Waals surface area (Å²) in [6, 6.07) is 5.03. The van der Waals surface area contributed by atoms with Gasteiger partial charge in [0.1, 0.15) is 18.2 Å². The van der Waals surface area contributed by atoms with Crippen molar-refractivity contribution in [2.24, 2.45) is 0 Å². The van der Waals surface area contributed by atoms with Crippen LogP contribution in [0.25, 0.3) is 0 Å². The van der Waals surface area contributed by atoms with Crippen molar-refractivity contribution in [3.05, 3.63) is 82.9 Å². The van der Waals surface area contributed by atoms with Crippen LogP contribution in [0.3, 0.4) is 0 Å². The highest BCUT2D eigenvalue weighted by atomic mass is 19.2. The molecule has 1 fully saturated rings. The highest BCUT2D eigenvalue weighted by Crippen LogP contribution is 2.38. The Morgan fingerprint density at radius 2 is 1.35 bits per heavy atom. The van der Waals surface area contributed by atoms with Gasteiger partial charge in [-0.25, -0.2) is 22.4 Å². The molecule has 1 saturated heterocycles. The van der Waals surface area contributed by atoms with Crippen molar-refractivity contribution in [3.63, 3.8) is 0 Å². The van der Waals surface area contributed by atoms with E-state index in [1.807, 2.05) is 0 Å². The van der Waals surface area contributed by atoms with E-state index in [1.54, 1.807) is 0 Å². The summed E-state index contributed by atoms with van der Waals surface area (Å²) in [4.78, 5) is 13.2. The zero-order valence-electron chi connectivity index (χ0n) is 17.0. The number of carbonyl (C=O) groups excluding carboxylic acids is 1. The standard InChI is InChI=1S/C23H22F4NO3/c1-28(2)15-5-6-16(28)12-17(11-15)31-22(29)23(30,13-3-7-18(24)20(26)9-13)14-4-8-19(25)21(27)10-14/h3-10,15-17,30H,11-12H2,1-2H3/q+1. The van der Waals surface area contributed by atoms with E-state index in [2.05, 4.69) is 26.2 Å². The van der Waals surface area contributed by atoms with Gasteiger partial charge in [-0.1, -0.05) is 12.1 Å². The highest BCUT2D eigenvalue weighted by Gasteiger charge is 2.49. The largest absolute Gasteiger partial charge is 0.459 e. The number of benzene rings is 2. The first-order valence-corrected chi connectivity index (χ1v) is 9.89. The van der Waals surface area contributed by atoms with Crippen molar-refractivity contribution in [1.29, 1.82) is 0 Å². The fourth-order valence-corrected chi connectivity index (χ4v) is 4.46. The first-order chi connectivity index (χ1) is 14.5. The maximum Gasteiger partial charge on any atom is 0.347 e. The molecule has 2 atom stereocenters. The van der Waals surface area contributed by atoms with Gasteiger partial charge in [0.15, 0.2) is 23.3 Å². The van der Waals surface area contributed by atoms with Crippen LogP contribution in [0.1, 0.15) is 24.0 Å². The van der Waals surface area contributed by atoms with Gasteiger partial charge in [0.25, 0.3) is 0 Å². The van der Waals surface area contributed by atoms with Crippen molar-refractivity contribution >= 4 is 5.97 Å². The third-order valence-electron chi connectivity index (χ3n) is 6.52. The first-order valence-electron chi connectivity index (χ1n) is 9.89. The van der Waals surface area contributed by atoms with E-state index in [0.29, 0.717) is 25.0 Å². The molecule has 2 heterocycles. The molecule has 0 amide bonds. The molecule has 2 aliphatic heterocycles. The summed E-state index contributed by atoms with van der Waals surface area (Å²) >= 11 is 0. The summed E-state index contributed by atoms with van der Waals surface area (Å²) in [7, 11) is 4.15. The lowest BCUT2D eigenvalue weighted by Crippen LogP contribution is -2.57. The Kier molecular flexibility index (Phi) is 5.18. The monoisotopic (exact) mass is 436 g/mol. The number of quaternary nitrogens is 1. The van der Waals surface area contributed by atoms with Gasteiger partial charge in [-0.05, 0) is 36.4 Å². The number of nitrogens with zero attached hydrogens (tertiary/aromatic N) is 1. The predicted molar refractivity (Wildman–Crippen MR) is 104 cm³/mol. The molecule has 8 heteroatoms. The number of halogens is 4. The summed E-state index contributed by atoms with van der Waals surface area (Å²) in [5.41, 5.74) is -3.36. The lowest BCUT2D eigenvalue weighted by atomic mass is 9.85. The van der Waals surface area contributed by atoms with E-state index in [-0.39, 0.29) is 23.2 Å². The highest BCUT2D eigenvalue weighted by molar-refractivity contribution is 5.85. The van der Waals surface area contributed by atoms with E-state index in [0.717, 1.165) is 28.7 Å². The molecule has 0 spiro atoms. The fraction of sp³-hybridized carbons (Fsp3) is 0.348. The number of esters is 1. The number of likely N-dealkylation sites (N-methyl/N-ethyl adjacent to an activating group) is 1. The Balaban J connectivity index is 1.70. The summed E-state index contributed by atoms with van der Waals surface area (Å²) in [5.74, 6) is -6.13. The lowest BCUT2D eigenvalue weighted by molar-refractivity contribution is -0.926. The smallest absolute Gasteiger partial charge is 0.347 e. The molecule has 4 rings (SSSR count). The second-order valence-electron chi connectivity index (χ2n) is 8.62. The average Bonchev–Trinajstić information content (AvgIpc) is 2.88. The summed E-state index contributed by atoms with van der Waals surface area (Å²) in [5, 5.41) is 11.4. The maximum atomic E-state index is 13.9. The SMILES string of the molecule is C[N+]1(C)C2C=CC1CC(OC(=O)C(O)(c1ccc(F)c(F)c1)c1ccc(F)c(F)c1)C2. The van der Waals surface area contributed by atoms with Gasteiger partial charge >= 0.3 is 5.97 Å². The van der Waals surface area contributed by atoms with Crippen LogP contribution < -0.4 is 0 Å². The second-order valence-corrected chi connectivity index (χ2v) is 8.62. The molecule has 2 bridgehead atoms. The van der Waals surface area contributed by atoms with Crippen LogP contribution >= 0.6 is 0 Å². The minimum Gasteiger partial charge on any atom is -0.459 e.